The third-order valence-electron chi connectivity index (χ3n) is 5.45. The predicted octanol–water partition coefficient (Wildman–Crippen LogP) is 5.68. The Morgan fingerprint density at radius 1 is 0.944 bits per heavy atom. The second-order valence-corrected chi connectivity index (χ2v) is 17.1. The van der Waals surface area contributed by atoms with E-state index in [1.54, 1.807) is 12.3 Å². The van der Waals surface area contributed by atoms with Gasteiger partial charge in [-0.1, -0.05) is 25.7 Å². The average Bonchev–Trinajstić information content (AvgIpc) is 3.28. The first kappa shape index (κ1) is 26.0. The van der Waals surface area contributed by atoms with Gasteiger partial charge in [-0.25, -0.2) is 4.68 Å². The fourth-order valence-corrected chi connectivity index (χ4v) is 4.59. The normalized spacial score (nSPS) is 12.2. The maximum Gasteiger partial charge on any atom is 0.264 e. The number of ether oxygens (including phenoxy) is 2. The quantitative estimate of drug-likeness (QED) is 0.141. The van der Waals surface area contributed by atoms with Crippen molar-refractivity contribution in [3.8, 4) is 22.8 Å². The minimum Gasteiger partial charge on any atom is -0.457 e. The molecule has 0 saturated heterocycles. The predicted molar refractivity (Wildman–Crippen MR) is 143 cm³/mol. The molecule has 0 aliphatic heterocycles. The maximum absolute atomic E-state index is 11.2. The van der Waals surface area contributed by atoms with Crippen LogP contribution in [0.15, 0.2) is 66.9 Å². The number of hydrogen-bond donors (Lipinski definition) is 0. The van der Waals surface area contributed by atoms with Crippen molar-refractivity contribution in [1.82, 2.24) is 14.8 Å². The third-order valence-corrected chi connectivity index (χ3v) is 7.70. The van der Waals surface area contributed by atoms with E-state index in [4.69, 9.17) is 13.7 Å². The molecule has 36 heavy (non-hydrogen) atoms. The van der Waals surface area contributed by atoms with E-state index >= 15 is 0 Å². The molecule has 10 heteroatoms. The van der Waals surface area contributed by atoms with E-state index in [2.05, 4.69) is 29.7 Å². The van der Waals surface area contributed by atoms with Gasteiger partial charge in [-0.2, -0.15) is 13.5 Å². The Labute approximate surface area is 213 Å². The Kier molecular flexibility index (Phi) is 7.89. The van der Waals surface area contributed by atoms with Crippen LogP contribution in [0.3, 0.4) is 0 Å². The number of benzene rings is 2. The first-order chi connectivity index (χ1) is 17.1. The van der Waals surface area contributed by atoms with Crippen molar-refractivity contribution >= 4 is 29.1 Å². The van der Waals surface area contributed by atoms with Crippen molar-refractivity contribution in [2.75, 3.05) is 12.9 Å². The SMILES string of the molecule is C[Si](C)(C)CCOCn1nccc1-c1ccc(Oc2ccc3nc(COS(C)(=O)=O)ccc3c2)cc1. The summed E-state index contributed by atoms with van der Waals surface area (Å²) in [5.74, 6) is 1.39. The van der Waals surface area contributed by atoms with Crippen LogP contribution in [-0.4, -0.2) is 44.1 Å². The zero-order valence-corrected chi connectivity index (χ0v) is 22.8. The molecule has 0 aliphatic carbocycles. The molecule has 0 unspecified atom stereocenters. The molecule has 0 saturated carbocycles. The highest BCUT2D eigenvalue weighted by atomic mass is 32.2. The molecular formula is C26H31N3O5SSi. The Morgan fingerprint density at radius 3 is 2.42 bits per heavy atom. The second-order valence-electron chi connectivity index (χ2n) is 9.81. The second kappa shape index (κ2) is 10.9. The Hall–Kier alpha value is -3.05. The van der Waals surface area contributed by atoms with Crippen molar-refractivity contribution in [1.29, 1.82) is 0 Å². The van der Waals surface area contributed by atoms with E-state index in [9.17, 15) is 8.42 Å². The highest BCUT2D eigenvalue weighted by molar-refractivity contribution is 7.85. The van der Waals surface area contributed by atoms with E-state index in [1.165, 1.54) is 0 Å². The molecule has 0 amide bonds. The van der Waals surface area contributed by atoms with E-state index < -0.39 is 18.2 Å². The number of aromatic nitrogens is 3. The summed E-state index contributed by atoms with van der Waals surface area (Å²) in [6.07, 6.45) is 2.80. The molecule has 2 aromatic heterocycles. The van der Waals surface area contributed by atoms with Crippen molar-refractivity contribution in [2.45, 2.75) is 39.0 Å². The molecule has 4 aromatic rings. The van der Waals surface area contributed by atoms with Crippen LogP contribution < -0.4 is 4.74 Å². The molecule has 0 radical (unpaired) electrons. The van der Waals surface area contributed by atoms with E-state index in [-0.39, 0.29) is 6.61 Å². The third kappa shape index (κ3) is 7.47. The van der Waals surface area contributed by atoms with Crippen molar-refractivity contribution in [3.05, 3.63) is 72.6 Å². The molecule has 0 atom stereocenters. The summed E-state index contributed by atoms with van der Waals surface area (Å²) in [5, 5.41) is 5.28. The number of fused-ring (bicyclic) bond motifs is 1. The van der Waals surface area contributed by atoms with Crippen molar-refractivity contribution in [3.63, 3.8) is 0 Å². The minimum atomic E-state index is -3.52. The van der Waals surface area contributed by atoms with Gasteiger partial charge in [-0.05, 0) is 60.6 Å². The molecule has 0 N–H and O–H groups in total. The highest BCUT2D eigenvalue weighted by Crippen LogP contribution is 2.28. The van der Waals surface area contributed by atoms with Crippen LogP contribution in [0.4, 0.5) is 0 Å². The molecular weight excluding hydrogens is 494 g/mol. The van der Waals surface area contributed by atoms with Crippen molar-refractivity contribution in [2.24, 2.45) is 0 Å². The number of rotatable bonds is 11. The fourth-order valence-electron chi connectivity index (χ4n) is 3.50. The lowest BCUT2D eigenvalue weighted by atomic mass is 10.1. The summed E-state index contributed by atoms with van der Waals surface area (Å²) >= 11 is 0. The molecule has 0 bridgehead atoms. The lowest BCUT2D eigenvalue weighted by molar-refractivity contribution is 0.0798. The average molecular weight is 526 g/mol. The van der Waals surface area contributed by atoms with Gasteiger partial charge in [0.2, 0.25) is 0 Å². The van der Waals surface area contributed by atoms with Crippen LogP contribution >= 0.6 is 0 Å². The van der Waals surface area contributed by atoms with Gasteiger partial charge in [0.1, 0.15) is 24.8 Å². The van der Waals surface area contributed by atoms with Gasteiger partial charge < -0.3 is 9.47 Å². The van der Waals surface area contributed by atoms with Gasteiger partial charge in [-0.15, -0.1) is 0 Å². The smallest absolute Gasteiger partial charge is 0.264 e. The molecule has 0 spiro atoms. The van der Waals surface area contributed by atoms with Crippen LogP contribution in [0.1, 0.15) is 5.69 Å². The van der Waals surface area contributed by atoms with E-state index in [0.717, 1.165) is 41.1 Å². The summed E-state index contributed by atoms with van der Waals surface area (Å²) in [6.45, 7) is 8.10. The Morgan fingerprint density at radius 2 is 1.69 bits per heavy atom. The molecule has 0 fully saturated rings. The lowest BCUT2D eigenvalue weighted by Crippen LogP contribution is -2.22. The van der Waals surface area contributed by atoms with Crippen LogP contribution in [0.5, 0.6) is 11.5 Å². The molecule has 2 heterocycles. The zero-order valence-electron chi connectivity index (χ0n) is 21.0. The summed E-state index contributed by atoms with van der Waals surface area (Å²) < 4.78 is 41.0. The molecule has 190 valence electrons. The molecule has 2 aromatic carbocycles. The zero-order chi connectivity index (χ0) is 25.8. The maximum atomic E-state index is 11.2. The van der Waals surface area contributed by atoms with Crippen LogP contribution in [-0.2, 0) is 32.4 Å². The molecule has 4 rings (SSSR count). The fraction of sp³-hybridized carbons (Fsp3) is 0.308. The summed E-state index contributed by atoms with van der Waals surface area (Å²) in [5.41, 5.74) is 3.28. The summed E-state index contributed by atoms with van der Waals surface area (Å²) in [7, 11) is -4.64. The standard InChI is InChI=1S/C26H31N3O5SSi/c1-35(30,31)33-18-22-8-5-21-17-24(11-12-25(21)28-22)34-23-9-6-20(7-10-23)26-13-14-27-29(26)19-32-15-16-36(2,3)4/h5-14,17H,15-16,18-19H2,1-4H3. The highest BCUT2D eigenvalue weighted by Gasteiger charge is 2.13. The number of nitrogens with zero attached hydrogens (tertiary/aromatic N) is 3. The van der Waals surface area contributed by atoms with Gasteiger partial charge in [0, 0.05) is 31.8 Å². The largest absolute Gasteiger partial charge is 0.457 e. The van der Waals surface area contributed by atoms with Crippen molar-refractivity contribution < 1.29 is 22.1 Å². The van der Waals surface area contributed by atoms with Gasteiger partial charge in [0.15, 0.2) is 0 Å². The topological polar surface area (TPSA) is 92.5 Å². The minimum absolute atomic E-state index is 0.0944. The van der Waals surface area contributed by atoms with Gasteiger partial charge in [0.25, 0.3) is 10.1 Å². The van der Waals surface area contributed by atoms with Crippen LogP contribution in [0.2, 0.25) is 25.7 Å². The first-order valence-corrected chi connectivity index (χ1v) is 17.2. The van der Waals surface area contributed by atoms with Gasteiger partial charge in [0.05, 0.1) is 23.2 Å². The monoisotopic (exact) mass is 525 g/mol. The summed E-state index contributed by atoms with van der Waals surface area (Å²) in [6, 6.07) is 20.1. The Bertz CT molecular complexity index is 1430. The number of hydrogen-bond acceptors (Lipinski definition) is 7. The molecule has 0 aliphatic rings. The first-order valence-electron chi connectivity index (χ1n) is 11.7. The van der Waals surface area contributed by atoms with E-state index in [1.807, 2.05) is 59.3 Å². The number of pyridine rings is 1. The van der Waals surface area contributed by atoms with Crippen LogP contribution in [0, 0.1) is 0 Å². The van der Waals surface area contributed by atoms with Gasteiger partial charge in [-0.3, -0.25) is 9.17 Å². The molecule has 8 nitrogen and oxygen atoms in total. The van der Waals surface area contributed by atoms with Gasteiger partial charge >= 0.3 is 0 Å². The van der Waals surface area contributed by atoms with E-state index in [0.29, 0.717) is 23.9 Å². The van der Waals surface area contributed by atoms with Crippen LogP contribution in [0.25, 0.3) is 22.2 Å². The Balaban J connectivity index is 1.39. The lowest BCUT2D eigenvalue weighted by Gasteiger charge is -2.16. The summed E-state index contributed by atoms with van der Waals surface area (Å²) in [4.78, 5) is 4.45.